The van der Waals surface area contributed by atoms with Gasteiger partial charge in [-0.05, 0) is 79.3 Å². The lowest BCUT2D eigenvalue weighted by molar-refractivity contribution is 0.0976. The summed E-state index contributed by atoms with van der Waals surface area (Å²) < 4.78 is 5.51. The third-order valence-electron chi connectivity index (χ3n) is 4.25. The second-order valence-electron chi connectivity index (χ2n) is 6.68. The third-order valence-corrected chi connectivity index (χ3v) is 4.46. The van der Waals surface area contributed by atoms with Gasteiger partial charge in [-0.2, -0.15) is 0 Å². The molecular formula is C24H23N3O3S. The molecule has 31 heavy (non-hydrogen) atoms. The fourth-order valence-corrected chi connectivity index (χ4v) is 2.90. The number of anilines is 2. The highest BCUT2D eigenvalue weighted by Crippen LogP contribution is 2.15. The van der Waals surface area contributed by atoms with Gasteiger partial charge in [0.2, 0.25) is 0 Å². The van der Waals surface area contributed by atoms with Crippen molar-refractivity contribution >= 4 is 40.5 Å². The lowest BCUT2D eigenvalue weighted by Gasteiger charge is -2.11. The van der Waals surface area contributed by atoms with Gasteiger partial charge in [-0.15, -0.1) is 0 Å². The van der Waals surface area contributed by atoms with Crippen molar-refractivity contribution in [2.75, 3.05) is 17.2 Å². The first-order valence-corrected chi connectivity index (χ1v) is 10.3. The molecule has 3 aromatic rings. The van der Waals surface area contributed by atoms with Crippen LogP contribution in [0.25, 0.3) is 0 Å². The fraction of sp³-hybridized carbons (Fsp3) is 0.125. The second kappa shape index (κ2) is 10.9. The molecule has 3 aromatic carbocycles. The van der Waals surface area contributed by atoms with Crippen LogP contribution in [0.4, 0.5) is 11.4 Å². The average molecular weight is 434 g/mol. The number of hydrogen-bond acceptors (Lipinski definition) is 4. The number of nitrogens with one attached hydrogen (secondary N) is 3. The van der Waals surface area contributed by atoms with Crippen LogP contribution in [0.1, 0.15) is 34.1 Å². The predicted octanol–water partition coefficient (Wildman–Crippen LogP) is 4.85. The molecule has 0 radical (unpaired) electrons. The molecule has 0 aliphatic heterocycles. The molecule has 0 saturated heterocycles. The highest BCUT2D eigenvalue weighted by Gasteiger charge is 2.09. The SMILES string of the molecule is CCCOc1ccc(C(=O)NC(=S)Nc2ccc(NC(=O)c3ccccc3)cc2)cc1. The van der Waals surface area contributed by atoms with Gasteiger partial charge in [-0.25, -0.2) is 0 Å². The molecule has 0 unspecified atom stereocenters. The van der Waals surface area contributed by atoms with E-state index in [4.69, 9.17) is 17.0 Å². The average Bonchev–Trinajstić information content (AvgIpc) is 2.79. The molecule has 0 aliphatic carbocycles. The van der Waals surface area contributed by atoms with Crippen LogP contribution in [0.2, 0.25) is 0 Å². The van der Waals surface area contributed by atoms with Gasteiger partial charge in [0, 0.05) is 22.5 Å². The van der Waals surface area contributed by atoms with Crippen molar-refractivity contribution in [3.05, 3.63) is 90.0 Å². The van der Waals surface area contributed by atoms with E-state index in [0.717, 1.165) is 12.2 Å². The summed E-state index contributed by atoms with van der Waals surface area (Å²) in [6.07, 6.45) is 0.919. The fourth-order valence-electron chi connectivity index (χ4n) is 2.69. The lowest BCUT2D eigenvalue weighted by Crippen LogP contribution is -2.34. The van der Waals surface area contributed by atoms with E-state index < -0.39 is 0 Å². The van der Waals surface area contributed by atoms with Crippen LogP contribution >= 0.6 is 12.2 Å². The first-order chi connectivity index (χ1) is 15.0. The van der Waals surface area contributed by atoms with Crippen molar-refractivity contribution < 1.29 is 14.3 Å². The Bertz CT molecular complexity index is 1040. The molecule has 0 bridgehead atoms. The van der Waals surface area contributed by atoms with Crippen molar-refractivity contribution in [1.29, 1.82) is 0 Å². The molecule has 7 heteroatoms. The van der Waals surface area contributed by atoms with Gasteiger partial charge in [0.25, 0.3) is 11.8 Å². The largest absolute Gasteiger partial charge is 0.494 e. The smallest absolute Gasteiger partial charge is 0.257 e. The van der Waals surface area contributed by atoms with Gasteiger partial charge >= 0.3 is 0 Å². The van der Waals surface area contributed by atoms with Crippen molar-refractivity contribution in [3.63, 3.8) is 0 Å². The number of ether oxygens (including phenoxy) is 1. The quantitative estimate of drug-likeness (QED) is 0.464. The predicted molar refractivity (Wildman–Crippen MR) is 127 cm³/mol. The van der Waals surface area contributed by atoms with E-state index in [2.05, 4.69) is 16.0 Å². The molecule has 0 heterocycles. The summed E-state index contributed by atoms with van der Waals surface area (Å²) in [5, 5.41) is 8.61. The van der Waals surface area contributed by atoms with Crippen LogP contribution in [0.15, 0.2) is 78.9 Å². The van der Waals surface area contributed by atoms with Crippen LogP contribution in [-0.2, 0) is 0 Å². The highest BCUT2D eigenvalue weighted by atomic mass is 32.1. The topological polar surface area (TPSA) is 79.5 Å². The summed E-state index contributed by atoms with van der Waals surface area (Å²) >= 11 is 5.22. The van der Waals surface area contributed by atoms with Gasteiger partial charge < -0.3 is 15.4 Å². The van der Waals surface area contributed by atoms with E-state index in [1.807, 2.05) is 25.1 Å². The molecule has 0 fully saturated rings. The molecule has 0 saturated carbocycles. The number of hydrogen-bond donors (Lipinski definition) is 3. The minimum absolute atomic E-state index is 0.178. The zero-order valence-electron chi connectivity index (χ0n) is 17.1. The number of amides is 2. The second-order valence-corrected chi connectivity index (χ2v) is 7.09. The van der Waals surface area contributed by atoms with Gasteiger partial charge in [-0.3, -0.25) is 14.9 Å². The monoisotopic (exact) mass is 433 g/mol. The van der Waals surface area contributed by atoms with E-state index in [0.29, 0.717) is 29.1 Å². The molecule has 0 spiro atoms. The van der Waals surface area contributed by atoms with Gasteiger partial charge in [0.15, 0.2) is 5.11 Å². The molecule has 2 amide bonds. The van der Waals surface area contributed by atoms with Crippen molar-refractivity contribution in [1.82, 2.24) is 5.32 Å². The maximum atomic E-state index is 12.4. The molecule has 0 aromatic heterocycles. The normalized spacial score (nSPS) is 10.1. The Morgan fingerprint density at radius 1 is 0.774 bits per heavy atom. The zero-order valence-corrected chi connectivity index (χ0v) is 17.9. The number of benzene rings is 3. The Morgan fingerprint density at radius 2 is 1.35 bits per heavy atom. The Hall–Kier alpha value is -3.71. The summed E-state index contributed by atoms with van der Waals surface area (Å²) in [6.45, 7) is 2.67. The number of carbonyl (C=O) groups excluding carboxylic acids is 2. The molecular weight excluding hydrogens is 410 g/mol. The van der Waals surface area contributed by atoms with Crippen LogP contribution in [0.3, 0.4) is 0 Å². The summed E-state index contributed by atoms with van der Waals surface area (Å²) in [6, 6.07) is 22.9. The number of carbonyl (C=O) groups is 2. The molecule has 158 valence electrons. The van der Waals surface area contributed by atoms with Crippen LogP contribution in [0.5, 0.6) is 5.75 Å². The molecule has 0 aliphatic rings. The van der Waals surface area contributed by atoms with Gasteiger partial charge in [0.1, 0.15) is 5.75 Å². The van der Waals surface area contributed by atoms with Crippen molar-refractivity contribution in [2.45, 2.75) is 13.3 Å². The maximum Gasteiger partial charge on any atom is 0.257 e. The maximum absolute atomic E-state index is 12.4. The Kier molecular flexibility index (Phi) is 7.73. The lowest BCUT2D eigenvalue weighted by atomic mass is 10.2. The van der Waals surface area contributed by atoms with Gasteiger partial charge in [-0.1, -0.05) is 25.1 Å². The van der Waals surface area contributed by atoms with Crippen LogP contribution in [-0.4, -0.2) is 23.5 Å². The van der Waals surface area contributed by atoms with Crippen molar-refractivity contribution in [2.24, 2.45) is 0 Å². The minimum atomic E-state index is -0.314. The summed E-state index contributed by atoms with van der Waals surface area (Å²) in [4.78, 5) is 24.6. The minimum Gasteiger partial charge on any atom is -0.494 e. The van der Waals surface area contributed by atoms with Gasteiger partial charge in [0.05, 0.1) is 6.61 Å². The van der Waals surface area contributed by atoms with E-state index in [-0.39, 0.29) is 16.9 Å². The van der Waals surface area contributed by atoms with Crippen molar-refractivity contribution in [3.8, 4) is 5.75 Å². The number of rotatable bonds is 7. The summed E-state index contributed by atoms with van der Waals surface area (Å²) in [5.41, 5.74) is 2.40. The standard InChI is InChI=1S/C24H23N3O3S/c1-2-16-30-21-14-8-18(9-15-21)23(29)27-24(31)26-20-12-10-19(11-13-20)25-22(28)17-6-4-3-5-7-17/h3-15H,2,16H2,1H3,(H,25,28)(H2,26,27,29,31). The first kappa shape index (κ1) is 22.0. The van der Waals surface area contributed by atoms with Crippen LogP contribution in [0, 0.1) is 0 Å². The highest BCUT2D eigenvalue weighted by molar-refractivity contribution is 7.80. The van der Waals surface area contributed by atoms with E-state index >= 15 is 0 Å². The summed E-state index contributed by atoms with van der Waals surface area (Å²) in [7, 11) is 0. The number of thiocarbonyl (C=S) groups is 1. The van der Waals surface area contributed by atoms with E-state index in [1.165, 1.54) is 0 Å². The first-order valence-electron chi connectivity index (χ1n) is 9.87. The summed E-state index contributed by atoms with van der Waals surface area (Å²) in [5.74, 6) is 0.222. The Labute approximate surface area is 186 Å². The van der Waals surface area contributed by atoms with E-state index in [1.54, 1.807) is 60.7 Å². The molecule has 3 N–H and O–H groups in total. The zero-order chi connectivity index (χ0) is 22.1. The van der Waals surface area contributed by atoms with E-state index in [9.17, 15) is 9.59 Å². The molecule has 0 atom stereocenters. The Morgan fingerprint density at radius 3 is 1.97 bits per heavy atom. The Balaban J connectivity index is 1.51. The van der Waals surface area contributed by atoms with Crippen LogP contribution < -0.4 is 20.7 Å². The molecule has 3 rings (SSSR count). The molecule has 6 nitrogen and oxygen atoms in total. The third kappa shape index (κ3) is 6.65.